The molecule has 0 amide bonds. The first-order valence-corrected chi connectivity index (χ1v) is 3.71. The summed E-state index contributed by atoms with van der Waals surface area (Å²) in [4.78, 5) is 25.9. The third-order valence-corrected chi connectivity index (χ3v) is 1.21. The number of nitrogens with zero attached hydrogens (tertiary/aromatic N) is 1. The predicted molar refractivity (Wildman–Crippen MR) is 50.6 cm³/mol. The Morgan fingerprint density at radius 2 is 2.14 bits per heavy atom. The minimum absolute atomic E-state index is 0.256. The maximum absolute atomic E-state index is 10.8. The summed E-state index contributed by atoms with van der Waals surface area (Å²) in [6.07, 6.45) is 0.434. The highest BCUT2D eigenvalue weighted by molar-refractivity contribution is 5.76. The van der Waals surface area contributed by atoms with E-state index in [0.717, 1.165) is 0 Å². The van der Waals surface area contributed by atoms with Gasteiger partial charge >= 0.3 is 5.69 Å². The average Bonchev–Trinajstić information content (AvgIpc) is 2.01. The Hall–Kier alpha value is -1.93. The molecular weight excluding hydrogens is 188 g/mol. The molecule has 0 radical (unpaired) electrons. The van der Waals surface area contributed by atoms with Gasteiger partial charge in [-0.05, 0) is 0 Å². The predicted octanol–water partition coefficient (Wildman–Crippen LogP) is -2.81. The van der Waals surface area contributed by atoms with Crippen LogP contribution in [0, 0.1) is 0 Å². The summed E-state index contributed by atoms with van der Waals surface area (Å²) in [6, 6.07) is 1.18. The number of rotatable bonds is 3. The number of H-pyrrole nitrogens is 2. The first-order valence-electron chi connectivity index (χ1n) is 3.71. The SMILES string of the molecule is NC(N)N/N=C/c1cc(=O)[nH]c(=O)[nH]1. The van der Waals surface area contributed by atoms with E-state index >= 15 is 0 Å². The molecule has 0 fully saturated rings. The van der Waals surface area contributed by atoms with Gasteiger partial charge < -0.3 is 4.98 Å². The van der Waals surface area contributed by atoms with E-state index in [0.29, 0.717) is 0 Å². The molecule has 0 aliphatic rings. The molecule has 8 nitrogen and oxygen atoms in total. The van der Waals surface area contributed by atoms with Crippen LogP contribution < -0.4 is 28.1 Å². The van der Waals surface area contributed by atoms with E-state index in [4.69, 9.17) is 11.5 Å². The molecule has 0 aliphatic heterocycles. The van der Waals surface area contributed by atoms with Crippen molar-refractivity contribution in [2.24, 2.45) is 16.6 Å². The van der Waals surface area contributed by atoms with Crippen molar-refractivity contribution in [1.82, 2.24) is 15.4 Å². The zero-order valence-electron chi connectivity index (χ0n) is 7.15. The van der Waals surface area contributed by atoms with Crippen molar-refractivity contribution in [2.75, 3.05) is 0 Å². The number of hydrogen-bond acceptors (Lipinski definition) is 6. The summed E-state index contributed by atoms with van der Waals surface area (Å²) in [6.45, 7) is 0. The molecular formula is C6H10N6O2. The molecule has 1 aromatic heterocycles. The highest BCUT2D eigenvalue weighted by Gasteiger charge is 1.92. The van der Waals surface area contributed by atoms with Crippen LogP contribution in [0.25, 0.3) is 0 Å². The monoisotopic (exact) mass is 198 g/mol. The van der Waals surface area contributed by atoms with Crippen molar-refractivity contribution in [3.63, 3.8) is 0 Å². The zero-order chi connectivity index (χ0) is 10.6. The van der Waals surface area contributed by atoms with E-state index in [2.05, 4.69) is 15.5 Å². The fraction of sp³-hybridized carbons (Fsp3) is 0.167. The molecule has 0 unspecified atom stereocenters. The minimum atomic E-state index is -0.792. The third kappa shape index (κ3) is 3.21. The van der Waals surface area contributed by atoms with E-state index in [1.165, 1.54) is 12.3 Å². The van der Waals surface area contributed by atoms with Crippen LogP contribution in [0.15, 0.2) is 20.8 Å². The van der Waals surface area contributed by atoms with Crippen molar-refractivity contribution in [3.05, 3.63) is 32.6 Å². The van der Waals surface area contributed by atoms with Gasteiger partial charge in [0, 0.05) is 6.07 Å². The van der Waals surface area contributed by atoms with Gasteiger partial charge in [-0.1, -0.05) is 0 Å². The maximum atomic E-state index is 10.8. The van der Waals surface area contributed by atoms with Crippen molar-refractivity contribution < 1.29 is 0 Å². The van der Waals surface area contributed by atoms with Crippen LogP contribution in [-0.4, -0.2) is 22.5 Å². The van der Waals surface area contributed by atoms with Crippen molar-refractivity contribution in [2.45, 2.75) is 6.29 Å². The molecule has 0 aromatic carbocycles. The molecule has 1 rings (SSSR count). The Balaban J connectivity index is 2.82. The molecule has 0 saturated heterocycles. The second-order valence-electron chi connectivity index (χ2n) is 2.46. The van der Waals surface area contributed by atoms with Gasteiger partial charge in [0.15, 0.2) is 0 Å². The normalized spacial score (nSPS) is 11.1. The molecule has 7 N–H and O–H groups in total. The Labute approximate surface area is 78.0 Å². The third-order valence-electron chi connectivity index (χ3n) is 1.21. The average molecular weight is 198 g/mol. The summed E-state index contributed by atoms with van der Waals surface area (Å²) in [5, 5.41) is 3.58. The van der Waals surface area contributed by atoms with E-state index in [1.807, 2.05) is 4.98 Å². The number of hydrazone groups is 1. The summed E-state index contributed by atoms with van der Waals surface area (Å²) >= 11 is 0. The highest BCUT2D eigenvalue weighted by atomic mass is 16.2. The van der Waals surface area contributed by atoms with Crippen LogP contribution >= 0.6 is 0 Å². The zero-order valence-corrected chi connectivity index (χ0v) is 7.15. The Morgan fingerprint density at radius 3 is 2.71 bits per heavy atom. The molecule has 14 heavy (non-hydrogen) atoms. The summed E-state index contributed by atoms with van der Waals surface area (Å²) in [5.74, 6) is 0. The fourth-order valence-corrected chi connectivity index (χ4v) is 0.750. The molecule has 1 heterocycles. The molecule has 0 aliphatic carbocycles. The van der Waals surface area contributed by atoms with Gasteiger partial charge in [0.05, 0.1) is 11.9 Å². The van der Waals surface area contributed by atoms with Crippen LogP contribution in [-0.2, 0) is 0 Å². The molecule has 0 atom stereocenters. The molecule has 8 heteroatoms. The number of nitrogens with two attached hydrogens (primary N) is 2. The second-order valence-corrected chi connectivity index (χ2v) is 2.46. The van der Waals surface area contributed by atoms with Gasteiger partial charge in [-0.3, -0.25) is 26.7 Å². The standard InChI is InChI=1S/C6H10N6O2/c7-5(8)12-9-2-3-1-4(13)11-6(14)10-3/h1-2,5,12H,7-8H2,(H2,10,11,13,14)/b9-2+. The van der Waals surface area contributed by atoms with Crippen LogP contribution in [0.1, 0.15) is 5.69 Å². The number of nitrogens with one attached hydrogen (secondary N) is 3. The molecule has 1 aromatic rings. The lowest BCUT2D eigenvalue weighted by atomic mass is 10.4. The smallest absolute Gasteiger partial charge is 0.306 e. The van der Waals surface area contributed by atoms with Crippen LogP contribution in [0.5, 0.6) is 0 Å². The lowest BCUT2D eigenvalue weighted by Crippen LogP contribution is -2.42. The first kappa shape index (κ1) is 10.2. The molecule has 0 bridgehead atoms. The Bertz CT molecular complexity index is 402. The van der Waals surface area contributed by atoms with Gasteiger partial charge in [-0.2, -0.15) is 5.10 Å². The topological polar surface area (TPSA) is 142 Å². The van der Waals surface area contributed by atoms with Crippen LogP contribution in [0.4, 0.5) is 0 Å². The summed E-state index contributed by atoms with van der Waals surface area (Å²) in [7, 11) is 0. The van der Waals surface area contributed by atoms with E-state index in [-0.39, 0.29) is 5.69 Å². The highest BCUT2D eigenvalue weighted by Crippen LogP contribution is 1.76. The number of hydrogen-bond donors (Lipinski definition) is 5. The largest absolute Gasteiger partial charge is 0.326 e. The lowest BCUT2D eigenvalue weighted by molar-refractivity contribution is 0.572. The van der Waals surface area contributed by atoms with Crippen molar-refractivity contribution >= 4 is 6.21 Å². The van der Waals surface area contributed by atoms with Crippen LogP contribution in [0.3, 0.4) is 0 Å². The minimum Gasteiger partial charge on any atom is -0.306 e. The quantitative estimate of drug-likeness (QED) is 0.202. The first-order chi connectivity index (χ1) is 6.58. The molecule has 76 valence electrons. The van der Waals surface area contributed by atoms with E-state index in [1.54, 1.807) is 0 Å². The van der Waals surface area contributed by atoms with E-state index < -0.39 is 17.5 Å². The van der Waals surface area contributed by atoms with Gasteiger partial charge in [0.2, 0.25) is 0 Å². The van der Waals surface area contributed by atoms with Gasteiger partial charge in [0.25, 0.3) is 5.56 Å². The van der Waals surface area contributed by atoms with Gasteiger partial charge in [0.1, 0.15) is 6.29 Å². The second kappa shape index (κ2) is 4.35. The van der Waals surface area contributed by atoms with Crippen molar-refractivity contribution in [1.29, 1.82) is 0 Å². The molecule has 0 spiro atoms. The number of aromatic amines is 2. The summed E-state index contributed by atoms with van der Waals surface area (Å²) < 4.78 is 0. The summed E-state index contributed by atoms with van der Waals surface area (Å²) in [5.41, 5.74) is 11.7. The lowest BCUT2D eigenvalue weighted by Gasteiger charge is -2.01. The Morgan fingerprint density at radius 1 is 1.43 bits per heavy atom. The number of aromatic nitrogens is 2. The van der Waals surface area contributed by atoms with Crippen molar-refractivity contribution in [3.8, 4) is 0 Å². The maximum Gasteiger partial charge on any atom is 0.326 e. The van der Waals surface area contributed by atoms with Gasteiger partial charge in [-0.25, -0.2) is 4.79 Å². The van der Waals surface area contributed by atoms with Crippen LogP contribution in [0.2, 0.25) is 0 Å². The molecule has 0 saturated carbocycles. The van der Waals surface area contributed by atoms with Gasteiger partial charge in [-0.15, -0.1) is 0 Å². The van der Waals surface area contributed by atoms with E-state index in [9.17, 15) is 9.59 Å². The Kier molecular flexibility index (Phi) is 3.15. The fourth-order valence-electron chi connectivity index (χ4n) is 0.750.